The fraction of sp³-hybridized carbons (Fsp3) is 0.571. The molecule has 100 valence electrons. The first-order valence-corrected chi connectivity index (χ1v) is 7.50. The predicted molar refractivity (Wildman–Crippen MR) is 75.3 cm³/mol. The highest BCUT2D eigenvalue weighted by Gasteiger charge is 2.36. The number of halogens is 1. The van der Waals surface area contributed by atoms with Crippen molar-refractivity contribution < 1.29 is 0 Å². The first kappa shape index (κ1) is 11.7. The van der Waals surface area contributed by atoms with Gasteiger partial charge in [0, 0.05) is 12.7 Å². The largest absolute Gasteiger partial charge is 0.307 e. The third-order valence-corrected chi connectivity index (χ3v) is 4.83. The first-order valence-electron chi connectivity index (χ1n) is 6.97. The van der Waals surface area contributed by atoms with Gasteiger partial charge in [-0.05, 0) is 44.0 Å². The van der Waals surface area contributed by atoms with Crippen molar-refractivity contribution in [1.82, 2.24) is 19.4 Å². The van der Waals surface area contributed by atoms with Gasteiger partial charge in [-0.1, -0.05) is 0 Å². The quantitative estimate of drug-likeness (QED) is 0.790. The van der Waals surface area contributed by atoms with Gasteiger partial charge in [0.1, 0.15) is 11.3 Å². The second-order valence-electron chi connectivity index (χ2n) is 5.58. The molecule has 0 saturated carbocycles. The molecular weight excluding hydrogens is 260 g/mol. The highest BCUT2D eigenvalue weighted by atomic mass is 35.5. The molecule has 2 bridgehead atoms. The van der Waals surface area contributed by atoms with Gasteiger partial charge in [-0.25, -0.2) is 9.97 Å². The molecule has 5 heterocycles. The molecule has 4 nitrogen and oxygen atoms in total. The van der Waals surface area contributed by atoms with Crippen LogP contribution in [0.15, 0.2) is 18.3 Å². The maximum atomic E-state index is 6.10. The van der Waals surface area contributed by atoms with Crippen LogP contribution >= 0.6 is 11.6 Å². The number of aromatic nitrogens is 3. The van der Waals surface area contributed by atoms with Crippen LogP contribution in [0, 0.1) is 5.92 Å². The highest BCUT2D eigenvalue weighted by Crippen LogP contribution is 2.37. The van der Waals surface area contributed by atoms with E-state index >= 15 is 0 Å². The molecule has 1 atom stereocenters. The maximum absolute atomic E-state index is 6.10. The van der Waals surface area contributed by atoms with E-state index in [2.05, 4.69) is 19.4 Å². The Morgan fingerprint density at radius 2 is 2.16 bits per heavy atom. The zero-order valence-corrected chi connectivity index (χ0v) is 11.6. The van der Waals surface area contributed by atoms with E-state index < -0.39 is 0 Å². The molecule has 0 amide bonds. The van der Waals surface area contributed by atoms with Crippen LogP contribution in [0.25, 0.3) is 11.2 Å². The average Bonchev–Trinajstić information content (AvgIpc) is 2.86. The minimum Gasteiger partial charge on any atom is -0.307 e. The molecule has 0 N–H and O–H groups in total. The fourth-order valence-electron chi connectivity index (χ4n) is 3.65. The summed E-state index contributed by atoms with van der Waals surface area (Å²) in [7, 11) is 0. The zero-order chi connectivity index (χ0) is 12.8. The van der Waals surface area contributed by atoms with Gasteiger partial charge in [-0.15, -0.1) is 11.6 Å². The van der Waals surface area contributed by atoms with Gasteiger partial charge in [-0.2, -0.15) is 0 Å². The number of imidazole rings is 1. The van der Waals surface area contributed by atoms with Crippen LogP contribution in [0.2, 0.25) is 0 Å². The van der Waals surface area contributed by atoms with Gasteiger partial charge in [0.15, 0.2) is 5.65 Å². The lowest BCUT2D eigenvalue weighted by Crippen LogP contribution is -2.48. The number of alkyl halides is 1. The van der Waals surface area contributed by atoms with Gasteiger partial charge in [0.2, 0.25) is 0 Å². The molecular formula is C14H17ClN4. The summed E-state index contributed by atoms with van der Waals surface area (Å²) in [5.41, 5.74) is 1.96. The number of fused-ring (bicyclic) bond motifs is 4. The van der Waals surface area contributed by atoms with E-state index in [1.165, 1.54) is 25.9 Å². The molecule has 0 aliphatic carbocycles. The van der Waals surface area contributed by atoms with Crippen molar-refractivity contribution in [3.8, 4) is 0 Å². The number of nitrogens with zero attached hydrogens (tertiary/aromatic N) is 4. The van der Waals surface area contributed by atoms with E-state index in [0.29, 0.717) is 11.9 Å². The minimum atomic E-state index is 0.458. The van der Waals surface area contributed by atoms with Crippen molar-refractivity contribution in [3.63, 3.8) is 0 Å². The van der Waals surface area contributed by atoms with Crippen LogP contribution < -0.4 is 0 Å². The van der Waals surface area contributed by atoms with E-state index in [1.54, 1.807) is 0 Å². The summed E-state index contributed by atoms with van der Waals surface area (Å²) >= 11 is 6.10. The average molecular weight is 277 g/mol. The number of piperidine rings is 3. The molecule has 19 heavy (non-hydrogen) atoms. The van der Waals surface area contributed by atoms with Crippen molar-refractivity contribution in [2.24, 2.45) is 5.92 Å². The zero-order valence-electron chi connectivity index (χ0n) is 10.8. The van der Waals surface area contributed by atoms with Crippen molar-refractivity contribution in [1.29, 1.82) is 0 Å². The second kappa shape index (κ2) is 4.46. The monoisotopic (exact) mass is 276 g/mol. The molecule has 0 aromatic carbocycles. The van der Waals surface area contributed by atoms with Crippen molar-refractivity contribution in [2.75, 3.05) is 19.6 Å². The normalized spacial score (nSPS) is 30.1. The molecule has 0 radical (unpaired) electrons. The maximum Gasteiger partial charge on any atom is 0.160 e. The Morgan fingerprint density at radius 3 is 2.84 bits per heavy atom. The topological polar surface area (TPSA) is 34.0 Å². The lowest BCUT2D eigenvalue weighted by molar-refractivity contribution is 0.0576. The third kappa shape index (κ3) is 1.77. The third-order valence-electron chi connectivity index (χ3n) is 4.59. The fourth-order valence-corrected chi connectivity index (χ4v) is 3.83. The molecule has 1 unspecified atom stereocenters. The van der Waals surface area contributed by atoms with Crippen LogP contribution in [-0.4, -0.2) is 39.1 Å². The summed E-state index contributed by atoms with van der Waals surface area (Å²) in [4.78, 5) is 11.7. The van der Waals surface area contributed by atoms with Crippen molar-refractivity contribution >= 4 is 22.8 Å². The lowest BCUT2D eigenvalue weighted by atomic mass is 9.84. The Bertz CT molecular complexity index is 601. The number of hydrogen-bond acceptors (Lipinski definition) is 3. The van der Waals surface area contributed by atoms with Crippen molar-refractivity contribution in [2.45, 2.75) is 24.8 Å². The summed E-state index contributed by atoms with van der Waals surface area (Å²) in [5.74, 6) is 2.18. The van der Waals surface area contributed by atoms with Crippen LogP contribution in [0.4, 0.5) is 0 Å². The smallest absolute Gasteiger partial charge is 0.160 e. The minimum absolute atomic E-state index is 0.458. The summed E-state index contributed by atoms with van der Waals surface area (Å²) < 4.78 is 2.30. The summed E-state index contributed by atoms with van der Waals surface area (Å²) in [5, 5.41) is 0. The summed E-state index contributed by atoms with van der Waals surface area (Å²) in [6.45, 7) is 3.62. The van der Waals surface area contributed by atoms with Crippen LogP contribution in [0.5, 0.6) is 0 Å². The second-order valence-corrected chi connectivity index (χ2v) is 5.85. The van der Waals surface area contributed by atoms with Crippen LogP contribution in [0.3, 0.4) is 0 Å². The Balaban J connectivity index is 1.85. The van der Waals surface area contributed by atoms with Gasteiger partial charge in [-0.3, -0.25) is 0 Å². The highest BCUT2D eigenvalue weighted by molar-refractivity contribution is 6.16. The molecule has 2 aromatic heterocycles. The molecule has 3 aliphatic rings. The van der Waals surface area contributed by atoms with E-state index in [9.17, 15) is 0 Å². The molecule has 3 saturated heterocycles. The van der Waals surface area contributed by atoms with E-state index in [4.69, 9.17) is 11.6 Å². The first-order chi connectivity index (χ1) is 9.36. The SMILES string of the molecule is ClCc1nc2cccnc2n1C1CN2CCC1CC2. The Hall–Kier alpha value is -1.13. The van der Waals surface area contributed by atoms with Gasteiger partial charge in [0.05, 0.1) is 11.9 Å². The van der Waals surface area contributed by atoms with Gasteiger partial charge >= 0.3 is 0 Å². The number of rotatable bonds is 2. The molecule has 5 heteroatoms. The number of hydrogen-bond donors (Lipinski definition) is 0. The summed E-state index contributed by atoms with van der Waals surface area (Å²) in [6, 6.07) is 4.46. The van der Waals surface area contributed by atoms with Crippen LogP contribution in [0.1, 0.15) is 24.7 Å². The molecule has 3 aliphatic heterocycles. The Morgan fingerprint density at radius 1 is 1.32 bits per heavy atom. The Kier molecular flexibility index (Phi) is 2.74. The van der Waals surface area contributed by atoms with E-state index in [-0.39, 0.29) is 0 Å². The van der Waals surface area contributed by atoms with E-state index in [0.717, 1.165) is 29.5 Å². The van der Waals surface area contributed by atoms with Gasteiger partial charge in [0.25, 0.3) is 0 Å². The Labute approximate surface area is 117 Å². The lowest BCUT2D eigenvalue weighted by Gasteiger charge is -2.45. The molecule has 5 rings (SSSR count). The molecule has 3 fully saturated rings. The van der Waals surface area contributed by atoms with E-state index in [1.807, 2.05) is 18.3 Å². The number of pyridine rings is 1. The molecule has 0 spiro atoms. The summed E-state index contributed by atoms with van der Waals surface area (Å²) in [6.07, 6.45) is 4.43. The predicted octanol–water partition coefficient (Wildman–Crippen LogP) is 2.44. The standard InChI is InChI=1S/C14H17ClN4/c15-8-13-17-11-2-1-5-16-14(11)19(13)12-9-18-6-3-10(12)4-7-18/h1-2,5,10,12H,3-4,6-9H2. The van der Waals surface area contributed by atoms with Crippen molar-refractivity contribution in [3.05, 3.63) is 24.2 Å². The van der Waals surface area contributed by atoms with Crippen LogP contribution in [-0.2, 0) is 5.88 Å². The molecule has 2 aromatic rings. The van der Waals surface area contributed by atoms with Gasteiger partial charge < -0.3 is 9.47 Å².